The predicted molar refractivity (Wildman–Crippen MR) is 74.2 cm³/mol. The second-order valence-electron chi connectivity index (χ2n) is 4.38. The summed E-state index contributed by atoms with van der Waals surface area (Å²) in [6, 6.07) is 6.52. The van der Waals surface area contributed by atoms with Gasteiger partial charge in [0.1, 0.15) is 11.4 Å². The van der Waals surface area contributed by atoms with Crippen LogP contribution in [0.25, 0.3) is 0 Å². The average molecular weight is 257 g/mol. The van der Waals surface area contributed by atoms with Crippen molar-refractivity contribution in [1.29, 1.82) is 0 Å². The van der Waals surface area contributed by atoms with Crippen LogP contribution < -0.4 is 11.1 Å². The molecule has 98 valence electrons. The summed E-state index contributed by atoms with van der Waals surface area (Å²) >= 11 is 0. The van der Waals surface area contributed by atoms with Gasteiger partial charge in [-0.3, -0.25) is 4.79 Å². The Morgan fingerprint density at radius 1 is 1.26 bits per heavy atom. The van der Waals surface area contributed by atoms with Crippen molar-refractivity contribution in [3.63, 3.8) is 0 Å². The van der Waals surface area contributed by atoms with Crippen molar-refractivity contribution in [2.24, 2.45) is 0 Å². The van der Waals surface area contributed by atoms with Crippen LogP contribution in [0.15, 0.2) is 30.5 Å². The summed E-state index contributed by atoms with van der Waals surface area (Å²) in [5.74, 6) is -0.103. The Labute approximate surface area is 111 Å². The van der Waals surface area contributed by atoms with Gasteiger partial charge < -0.3 is 16.2 Å². The molecule has 0 aliphatic heterocycles. The van der Waals surface area contributed by atoms with Gasteiger partial charge in [0.15, 0.2) is 0 Å². The first-order valence-electron chi connectivity index (χ1n) is 5.80. The van der Waals surface area contributed by atoms with Crippen LogP contribution in [0.3, 0.4) is 0 Å². The molecule has 0 atom stereocenters. The highest BCUT2D eigenvalue weighted by molar-refractivity contribution is 6.03. The van der Waals surface area contributed by atoms with Crippen molar-refractivity contribution in [3.8, 4) is 5.75 Å². The summed E-state index contributed by atoms with van der Waals surface area (Å²) in [6.07, 6.45) is 1.43. The number of nitrogens with zero attached hydrogens (tertiary/aromatic N) is 1. The molecular formula is C14H15N3O2. The SMILES string of the molecule is Cc1cc(NC(=O)c2ccc(N)cn2)c(C)cc1O. The zero-order valence-corrected chi connectivity index (χ0v) is 10.8. The number of nitrogens with one attached hydrogen (secondary N) is 1. The molecule has 0 bridgehead atoms. The van der Waals surface area contributed by atoms with Crippen LogP contribution in [0.2, 0.25) is 0 Å². The topological polar surface area (TPSA) is 88.2 Å². The second-order valence-corrected chi connectivity index (χ2v) is 4.38. The van der Waals surface area contributed by atoms with Crippen molar-refractivity contribution < 1.29 is 9.90 Å². The molecule has 1 heterocycles. The number of phenolic OH excluding ortho intramolecular Hbond substituents is 1. The van der Waals surface area contributed by atoms with E-state index in [2.05, 4.69) is 10.3 Å². The Bertz CT molecular complexity index is 621. The van der Waals surface area contributed by atoms with Gasteiger partial charge in [-0.15, -0.1) is 0 Å². The number of phenols is 1. The highest BCUT2D eigenvalue weighted by Crippen LogP contribution is 2.25. The number of aryl methyl sites for hydroxylation is 2. The monoisotopic (exact) mass is 257 g/mol. The number of carbonyl (C=O) groups excluding carboxylic acids is 1. The number of nitrogen functional groups attached to an aromatic ring is 1. The largest absolute Gasteiger partial charge is 0.508 e. The van der Waals surface area contributed by atoms with E-state index in [1.807, 2.05) is 6.92 Å². The van der Waals surface area contributed by atoms with Crippen LogP contribution in [-0.4, -0.2) is 16.0 Å². The van der Waals surface area contributed by atoms with E-state index in [1.165, 1.54) is 6.20 Å². The van der Waals surface area contributed by atoms with Gasteiger partial charge in [0, 0.05) is 5.69 Å². The molecule has 1 aromatic heterocycles. The molecular weight excluding hydrogens is 242 g/mol. The molecule has 4 N–H and O–H groups in total. The molecule has 0 fully saturated rings. The first-order valence-corrected chi connectivity index (χ1v) is 5.80. The van der Waals surface area contributed by atoms with Crippen LogP contribution >= 0.6 is 0 Å². The molecule has 2 aromatic rings. The summed E-state index contributed by atoms with van der Waals surface area (Å²) in [4.78, 5) is 16.0. The van der Waals surface area contributed by atoms with E-state index >= 15 is 0 Å². The van der Waals surface area contributed by atoms with Crippen molar-refractivity contribution in [1.82, 2.24) is 4.98 Å². The zero-order valence-electron chi connectivity index (χ0n) is 10.8. The first kappa shape index (κ1) is 12.9. The lowest BCUT2D eigenvalue weighted by Gasteiger charge is -2.10. The lowest BCUT2D eigenvalue weighted by atomic mass is 10.1. The number of hydrogen-bond acceptors (Lipinski definition) is 4. The van der Waals surface area contributed by atoms with Gasteiger partial charge in [0.25, 0.3) is 5.91 Å². The Morgan fingerprint density at radius 3 is 2.63 bits per heavy atom. The van der Waals surface area contributed by atoms with Gasteiger partial charge in [-0.2, -0.15) is 0 Å². The molecule has 1 amide bonds. The number of nitrogens with two attached hydrogens (primary N) is 1. The number of amides is 1. The fourth-order valence-electron chi connectivity index (χ4n) is 1.66. The number of pyridine rings is 1. The molecule has 1 aromatic carbocycles. The van der Waals surface area contributed by atoms with Gasteiger partial charge in [-0.05, 0) is 49.2 Å². The maximum absolute atomic E-state index is 12.0. The smallest absolute Gasteiger partial charge is 0.274 e. The van der Waals surface area contributed by atoms with Gasteiger partial charge in [0.05, 0.1) is 11.9 Å². The molecule has 0 saturated carbocycles. The van der Waals surface area contributed by atoms with E-state index < -0.39 is 0 Å². The standard InChI is InChI=1S/C14H15N3O2/c1-8-6-13(18)9(2)5-12(8)17-14(19)11-4-3-10(15)7-16-11/h3-7,18H,15H2,1-2H3,(H,17,19). The van der Waals surface area contributed by atoms with E-state index in [4.69, 9.17) is 5.73 Å². The summed E-state index contributed by atoms with van der Waals surface area (Å²) in [6.45, 7) is 3.58. The van der Waals surface area contributed by atoms with Gasteiger partial charge in [-0.1, -0.05) is 0 Å². The molecule has 0 saturated heterocycles. The van der Waals surface area contributed by atoms with Crippen LogP contribution in [0.1, 0.15) is 21.6 Å². The van der Waals surface area contributed by atoms with Gasteiger partial charge in [-0.25, -0.2) is 4.98 Å². The molecule has 5 nitrogen and oxygen atoms in total. The Balaban J connectivity index is 2.24. The molecule has 0 unspecified atom stereocenters. The molecule has 5 heteroatoms. The van der Waals surface area contributed by atoms with Gasteiger partial charge in [0.2, 0.25) is 0 Å². The molecule has 0 aliphatic carbocycles. The summed E-state index contributed by atoms with van der Waals surface area (Å²) in [5.41, 5.74) is 8.45. The molecule has 2 rings (SSSR count). The third kappa shape index (κ3) is 2.82. The van der Waals surface area contributed by atoms with E-state index in [0.29, 0.717) is 22.6 Å². The number of anilines is 2. The number of aromatic hydroxyl groups is 1. The van der Waals surface area contributed by atoms with Crippen molar-refractivity contribution in [2.75, 3.05) is 11.1 Å². The van der Waals surface area contributed by atoms with Crippen molar-refractivity contribution in [2.45, 2.75) is 13.8 Å². The van der Waals surface area contributed by atoms with Crippen LogP contribution in [-0.2, 0) is 0 Å². The molecule has 19 heavy (non-hydrogen) atoms. The highest BCUT2D eigenvalue weighted by Gasteiger charge is 2.10. The predicted octanol–water partition coefficient (Wildman–Crippen LogP) is 2.24. The summed E-state index contributed by atoms with van der Waals surface area (Å²) in [5, 5.41) is 12.3. The third-order valence-corrected chi connectivity index (χ3v) is 2.81. The fraction of sp³-hybridized carbons (Fsp3) is 0.143. The summed E-state index contributed by atoms with van der Waals surface area (Å²) < 4.78 is 0. The minimum absolute atomic E-state index is 0.209. The molecule has 0 spiro atoms. The number of rotatable bonds is 2. The average Bonchev–Trinajstić information content (AvgIpc) is 2.36. The van der Waals surface area contributed by atoms with Crippen LogP contribution in [0.5, 0.6) is 5.75 Å². The quantitative estimate of drug-likeness (QED) is 0.720. The van der Waals surface area contributed by atoms with E-state index in [9.17, 15) is 9.90 Å². The first-order chi connectivity index (χ1) is 8.97. The fourth-order valence-corrected chi connectivity index (χ4v) is 1.66. The maximum Gasteiger partial charge on any atom is 0.274 e. The Kier molecular flexibility index (Phi) is 3.37. The normalized spacial score (nSPS) is 10.2. The van der Waals surface area contributed by atoms with E-state index in [-0.39, 0.29) is 11.7 Å². The number of benzene rings is 1. The van der Waals surface area contributed by atoms with Gasteiger partial charge >= 0.3 is 0 Å². The number of carbonyl (C=O) groups is 1. The minimum atomic E-state index is -0.312. The van der Waals surface area contributed by atoms with Crippen LogP contribution in [0.4, 0.5) is 11.4 Å². The Morgan fingerprint density at radius 2 is 2.00 bits per heavy atom. The maximum atomic E-state index is 12.0. The second kappa shape index (κ2) is 4.97. The lowest BCUT2D eigenvalue weighted by molar-refractivity contribution is 0.102. The molecule has 0 radical (unpaired) electrons. The Hall–Kier alpha value is -2.56. The van der Waals surface area contributed by atoms with E-state index in [1.54, 1.807) is 31.2 Å². The van der Waals surface area contributed by atoms with Crippen LogP contribution in [0, 0.1) is 13.8 Å². The third-order valence-electron chi connectivity index (χ3n) is 2.81. The lowest BCUT2D eigenvalue weighted by Crippen LogP contribution is -2.14. The summed E-state index contributed by atoms with van der Waals surface area (Å²) in [7, 11) is 0. The van der Waals surface area contributed by atoms with Crippen molar-refractivity contribution >= 4 is 17.3 Å². The van der Waals surface area contributed by atoms with E-state index in [0.717, 1.165) is 5.56 Å². The highest BCUT2D eigenvalue weighted by atomic mass is 16.3. The number of hydrogen-bond donors (Lipinski definition) is 3. The zero-order chi connectivity index (χ0) is 14.0. The van der Waals surface area contributed by atoms with Crippen molar-refractivity contribution in [3.05, 3.63) is 47.3 Å². The molecule has 0 aliphatic rings. The minimum Gasteiger partial charge on any atom is -0.508 e. The number of aromatic nitrogens is 1.